The van der Waals surface area contributed by atoms with Crippen LogP contribution in [0.2, 0.25) is 0 Å². The summed E-state index contributed by atoms with van der Waals surface area (Å²) >= 11 is 1.94. The number of thiophene rings is 1. The molecule has 0 fully saturated rings. The van der Waals surface area contributed by atoms with E-state index in [-0.39, 0.29) is 5.60 Å². The van der Waals surface area contributed by atoms with E-state index in [1.165, 1.54) is 9.75 Å². The van der Waals surface area contributed by atoms with Crippen LogP contribution in [0.5, 0.6) is 0 Å². The maximum Gasteiger partial charge on any atom is 0.0803 e. The fraction of sp³-hybridized carbons (Fsp3) is 0.750. The van der Waals surface area contributed by atoms with Crippen molar-refractivity contribution in [2.75, 3.05) is 13.7 Å². The van der Waals surface area contributed by atoms with Gasteiger partial charge in [0.2, 0.25) is 0 Å². The third-order valence-electron chi connectivity index (χ3n) is 4.02. The third-order valence-corrected chi connectivity index (χ3v) is 5.27. The lowest BCUT2D eigenvalue weighted by molar-refractivity contribution is -0.0285. The molecular formula is C16H29NOS. The average molecular weight is 283 g/mol. The van der Waals surface area contributed by atoms with Gasteiger partial charge in [-0.05, 0) is 51.3 Å². The highest BCUT2D eigenvalue weighted by Crippen LogP contribution is 2.26. The van der Waals surface area contributed by atoms with Crippen molar-refractivity contribution in [3.05, 3.63) is 21.9 Å². The molecule has 3 heteroatoms. The molecule has 110 valence electrons. The van der Waals surface area contributed by atoms with Gasteiger partial charge >= 0.3 is 0 Å². The number of hydrogen-bond donors (Lipinski definition) is 1. The summed E-state index contributed by atoms with van der Waals surface area (Å²) in [6.07, 6.45) is 4.37. The molecule has 0 amide bonds. The number of hydrogen-bond acceptors (Lipinski definition) is 3. The zero-order chi connectivity index (χ0) is 14.3. The van der Waals surface area contributed by atoms with Gasteiger partial charge in [-0.15, -0.1) is 11.3 Å². The van der Waals surface area contributed by atoms with E-state index in [4.69, 9.17) is 4.74 Å². The maximum absolute atomic E-state index is 5.79. The summed E-state index contributed by atoms with van der Waals surface area (Å²) in [6, 6.07) is 4.91. The average Bonchev–Trinajstić information content (AvgIpc) is 2.90. The van der Waals surface area contributed by atoms with Gasteiger partial charge in [-0.2, -0.15) is 0 Å². The van der Waals surface area contributed by atoms with E-state index >= 15 is 0 Å². The summed E-state index contributed by atoms with van der Waals surface area (Å²) in [5, 5.41) is 3.67. The van der Waals surface area contributed by atoms with Gasteiger partial charge < -0.3 is 10.1 Å². The first-order valence-electron chi connectivity index (χ1n) is 7.45. The third kappa shape index (κ3) is 4.59. The monoisotopic (exact) mass is 283 g/mol. The molecule has 0 spiro atoms. The molecule has 0 bridgehead atoms. The maximum atomic E-state index is 5.79. The summed E-state index contributed by atoms with van der Waals surface area (Å²) < 4.78 is 5.79. The normalized spacial score (nSPS) is 16.3. The van der Waals surface area contributed by atoms with Gasteiger partial charge in [-0.3, -0.25) is 0 Å². The smallest absolute Gasteiger partial charge is 0.0803 e. The number of methoxy groups -OCH3 is 1. The van der Waals surface area contributed by atoms with E-state index in [0.717, 1.165) is 32.2 Å². The Morgan fingerprint density at radius 3 is 2.42 bits per heavy atom. The van der Waals surface area contributed by atoms with Gasteiger partial charge in [-0.1, -0.05) is 20.8 Å². The number of rotatable bonds is 9. The van der Waals surface area contributed by atoms with E-state index < -0.39 is 0 Å². The summed E-state index contributed by atoms with van der Waals surface area (Å²) in [4.78, 5) is 2.93. The second-order valence-corrected chi connectivity index (χ2v) is 6.56. The Bertz CT molecular complexity index is 357. The van der Waals surface area contributed by atoms with Gasteiger partial charge in [0.1, 0.15) is 0 Å². The molecule has 1 heterocycles. The number of ether oxygens (including phenoxy) is 1. The van der Waals surface area contributed by atoms with Gasteiger partial charge in [0.25, 0.3) is 0 Å². The van der Waals surface area contributed by atoms with E-state index in [1.54, 1.807) is 0 Å². The fourth-order valence-corrected chi connectivity index (χ4v) is 3.28. The van der Waals surface area contributed by atoms with Gasteiger partial charge in [0.05, 0.1) is 5.60 Å². The summed E-state index contributed by atoms with van der Waals surface area (Å²) in [5.41, 5.74) is -0.0917. The molecule has 2 nitrogen and oxygen atoms in total. The molecular weight excluding hydrogens is 254 g/mol. The fourth-order valence-electron chi connectivity index (χ4n) is 2.28. The summed E-state index contributed by atoms with van der Waals surface area (Å²) in [5.74, 6) is 0. The first kappa shape index (κ1) is 16.7. The van der Waals surface area contributed by atoms with Crippen molar-refractivity contribution in [1.82, 2.24) is 5.32 Å². The molecule has 1 aromatic rings. The molecule has 0 aliphatic carbocycles. The zero-order valence-electron chi connectivity index (χ0n) is 13.1. The van der Waals surface area contributed by atoms with Crippen molar-refractivity contribution in [1.29, 1.82) is 0 Å². The molecule has 1 N–H and O–H groups in total. The molecule has 2 unspecified atom stereocenters. The van der Waals surface area contributed by atoms with Crippen LogP contribution in [0.1, 0.15) is 50.3 Å². The predicted octanol–water partition coefficient (Wildman–Crippen LogP) is 4.04. The second kappa shape index (κ2) is 8.03. The Morgan fingerprint density at radius 1 is 1.26 bits per heavy atom. The van der Waals surface area contributed by atoms with Gasteiger partial charge in [-0.25, -0.2) is 0 Å². The van der Waals surface area contributed by atoms with E-state index in [0.29, 0.717) is 6.04 Å². The highest BCUT2D eigenvalue weighted by Gasteiger charge is 2.32. The van der Waals surface area contributed by atoms with Crippen molar-refractivity contribution in [2.24, 2.45) is 0 Å². The van der Waals surface area contributed by atoms with E-state index in [1.807, 2.05) is 18.4 Å². The standard InChI is InChI=1S/C16H29NOS/c1-6-11-17-15(16(4,8-3)18-5)12-14-10-9-13(7-2)19-14/h9-10,15,17H,6-8,11-12H2,1-5H3. The lowest BCUT2D eigenvalue weighted by atomic mass is 9.90. The van der Waals surface area contributed by atoms with Crippen molar-refractivity contribution < 1.29 is 4.74 Å². The Hall–Kier alpha value is -0.380. The molecule has 0 aromatic carbocycles. The van der Waals surface area contributed by atoms with Crippen molar-refractivity contribution in [3.63, 3.8) is 0 Å². The zero-order valence-corrected chi connectivity index (χ0v) is 13.9. The molecule has 0 saturated heterocycles. The Kier molecular flexibility index (Phi) is 7.05. The van der Waals surface area contributed by atoms with Gasteiger partial charge in [0, 0.05) is 22.9 Å². The largest absolute Gasteiger partial charge is 0.377 e. The van der Waals surface area contributed by atoms with Crippen LogP contribution in [-0.4, -0.2) is 25.3 Å². The lowest BCUT2D eigenvalue weighted by Crippen LogP contribution is -2.51. The van der Waals surface area contributed by atoms with Crippen LogP contribution in [0, 0.1) is 0 Å². The molecule has 19 heavy (non-hydrogen) atoms. The van der Waals surface area contributed by atoms with E-state index in [9.17, 15) is 0 Å². The summed E-state index contributed by atoms with van der Waals surface area (Å²) in [6.45, 7) is 9.90. The van der Waals surface area contributed by atoms with E-state index in [2.05, 4.69) is 45.1 Å². The minimum atomic E-state index is -0.0917. The van der Waals surface area contributed by atoms with Crippen LogP contribution < -0.4 is 5.32 Å². The van der Waals surface area contributed by atoms with Crippen molar-refractivity contribution in [3.8, 4) is 0 Å². The van der Waals surface area contributed by atoms with Crippen LogP contribution in [0.4, 0.5) is 0 Å². The minimum Gasteiger partial charge on any atom is -0.377 e. The molecule has 0 radical (unpaired) electrons. The Balaban J connectivity index is 2.78. The molecule has 2 atom stereocenters. The van der Waals surface area contributed by atoms with Crippen LogP contribution in [0.25, 0.3) is 0 Å². The SMILES string of the molecule is CCCNC(Cc1ccc(CC)s1)C(C)(CC)OC. The molecule has 1 rings (SSSR count). The molecule has 1 aromatic heterocycles. The van der Waals surface area contributed by atoms with Gasteiger partial charge in [0.15, 0.2) is 0 Å². The van der Waals surface area contributed by atoms with Crippen LogP contribution in [-0.2, 0) is 17.6 Å². The second-order valence-electron chi connectivity index (χ2n) is 5.30. The lowest BCUT2D eigenvalue weighted by Gasteiger charge is -2.36. The highest BCUT2D eigenvalue weighted by molar-refractivity contribution is 7.11. The van der Waals surface area contributed by atoms with Crippen molar-refractivity contribution in [2.45, 2.75) is 65.0 Å². The quantitative estimate of drug-likeness (QED) is 0.738. The molecule has 0 saturated carbocycles. The first-order valence-corrected chi connectivity index (χ1v) is 8.27. The topological polar surface area (TPSA) is 21.3 Å². The van der Waals surface area contributed by atoms with Crippen LogP contribution in [0.3, 0.4) is 0 Å². The minimum absolute atomic E-state index is 0.0917. The molecule has 0 aliphatic heterocycles. The number of nitrogens with one attached hydrogen (secondary N) is 1. The Morgan fingerprint density at radius 2 is 1.95 bits per heavy atom. The predicted molar refractivity (Wildman–Crippen MR) is 85.2 cm³/mol. The molecule has 0 aliphatic rings. The van der Waals surface area contributed by atoms with Crippen LogP contribution >= 0.6 is 11.3 Å². The first-order chi connectivity index (χ1) is 9.09. The Labute approximate surface area is 122 Å². The van der Waals surface area contributed by atoms with Crippen molar-refractivity contribution >= 4 is 11.3 Å². The number of aryl methyl sites for hydroxylation is 1. The highest BCUT2D eigenvalue weighted by atomic mass is 32.1. The summed E-state index contributed by atoms with van der Waals surface area (Å²) in [7, 11) is 1.83. The van der Waals surface area contributed by atoms with Crippen LogP contribution in [0.15, 0.2) is 12.1 Å².